The third kappa shape index (κ3) is 2.69. The Morgan fingerprint density at radius 3 is 2.75 bits per heavy atom. The first kappa shape index (κ1) is 15.3. The molecular weight excluding hydrogens is 318 g/mol. The number of rotatable bonds is 2. The van der Waals surface area contributed by atoms with Crippen molar-refractivity contribution in [3.63, 3.8) is 0 Å². The lowest BCUT2D eigenvalue weighted by molar-refractivity contribution is 0.0675. The van der Waals surface area contributed by atoms with Crippen LogP contribution in [0.15, 0.2) is 48.1 Å². The molecule has 0 saturated carbocycles. The molecule has 0 radical (unpaired) electrons. The predicted molar refractivity (Wildman–Crippen MR) is 96.3 cm³/mol. The SMILES string of the molecule is CC1(c2nccs2)CCN(C(=O)c2cnc3ccccc3c2)CC1. The van der Waals surface area contributed by atoms with Crippen LogP contribution >= 0.6 is 11.3 Å². The number of aromatic nitrogens is 2. The Morgan fingerprint density at radius 2 is 2.00 bits per heavy atom. The van der Waals surface area contributed by atoms with Gasteiger partial charge in [0.25, 0.3) is 5.91 Å². The number of hydrogen-bond donors (Lipinski definition) is 0. The highest BCUT2D eigenvalue weighted by Gasteiger charge is 2.35. The highest BCUT2D eigenvalue weighted by molar-refractivity contribution is 7.09. The smallest absolute Gasteiger partial charge is 0.255 e. The normalized spacial score (nSPS) is 17.1. The van der Waals surface area contributed by atoms with E-state index in [9.17, 15) is 4.79 Å². The Kier molecular flexibility index (Phi) is 3.81. The maximum atomic E-state index is 12.8. The summed E-state index contributed by atoms with van der Waals surface area (Å²) >= 11 is 1.71. The summed E-state index contributed by atoms with van der Waals surface area (Å²) in [6, 6.07) is 9.83. The van der Waals surface area contributed by atoms with Crippen LogP contribution in [-0.2, 0) is 5.41 Å². The molecule has 1 aliphatic rings. The van der Waals surface area contributed by atoms with Crippen molar-refractivity contribution in [3.8, 4) is 0 Å². The highest BCUT2D eigenvalue weighted by Crippen LogP contribution is 2.36. The van der Waals surface area contributed by atoms with Gasteiger partial charge in [0, 0.05) is 41.7 Å². The maximum absolute atomic E-state index is 12.8. The van der Waals surface area contributed by atoms with E-state index in [1.165, 1.54) is 5.01 Å². The van der Waals surface area contributed by atoms with Crippen LogP contribution in [-0.4, -0.2) is 33.9 Å². The van der Waals surface area contributed by atoms with Gasteiger partial charge in [0.2, 0.25) is 0 Å². The lowest BCUT2D eigenvalue weighted by Crippen LogP contribution is -2.43. The van der Waals surface area contributed by atoms with Crippen molar-refractivity contribution in [2.75, 3.05) is 13.1 Å². The van der Waals surface area contributed by atoms with Crippen molar-refractivity contribution < 1.29 is 4.79 Å². The zero-order chi connectivity index (χ0) is 16.6. The minimum Gasteiger partial charge on any atom is -0.339 e. The number of thiazole rings is 1. The lowest BCUT2D eigenvalue weighted by atomic mass is 9.81. The zero-order valence-electron chi connectivity index (χ0n) is 13.6. The van der Waals surface area contributed by atoms with E-state index in [4.69, 9.17) is 0 Å². The molecule has 4 rings (SSSR count). The Hall–Kier alpha value is -2.27. The third-order valence-electron chi connectivity index (χ3n) is 4.94. The van der Waals surface area contributed by atoms with Crippen LogP contribution in [0, 0.1) is 0 Å². The largest absolute Gasteiger partial charge is 0.339 e. The van der Waals surface area contributed by atoms with Crippen LogP contribution in [0.4, 0.5) is 0 Å². The van der Waals surface area contributed by atoms with E-state index in [0.717, 1.165) is 36.8 Å². The van der Waals surface area contributed by atoms with Gasteiger partial charge in [-0.2, -0.15) is 0 Å². The third-order valence-corrected chi connectivity index (χ3v) is 6.02. The number of para-hydroxylation sites is 1. The van der Waals surface area contributed by atoms with Crippen LogP contribution in [0.1, 0.15) is 35.1 Å². The number of benzene rings is 1. The summed E-state index contributed by atoms with van der Waals surface area (Å²) in [5, 5.41) is 4.22. The van der Waals surface area contributed by atoms with Gasteiger partial charge in [-0.3, -0.25) is 9.78 Å². The molecule has 4 nitrogen and oxygen atoms in total. The molecule has 5 heteroatoms. The minimum atomic E-state index is 0.0782. The molecule has 3 aromatic rings. The summed E-state index contributed by atoms with van der Waals surface area (Å²) in [6.45, 7) is 3.79. The van der Waals surface area contributed by atoms with Crippen LogP contribution in [0.2, 0.25) is 0 Å². The van der Waals surface area contributed by atoms with Crippen LogP contribution in [0.3, 0.4) is 0 Å². The summed E-state index contributed by atoms with van der Waals surface area (Å²) in [4.78, 5) is 23.6. The molecule has 0 atom stereocenters. The van der Waals surface area contributed by atoms with Crippen molar-refractivity contribution in [2.24, 2.45) is 0 Å². The maximum Gasteiger partial charge on any atom is 0.255 e. The van der Waals surface area contributed by atoms with Gasteiger partial charge in [-0.1, -0.05) is 25.1 Å². The van der Waals surface area contributed by atoms with E-state index < -0.39 is 0 Å². The number of nitrogens with zero attached hydrogens (tertiary/aromatic N) is 3. The summed E-state index contributed by atoms with van der Waals surface area (Å²) < 4.78 is 0. The van der Waals surface area contributed by atoms with E-state index in [2.05, 4.69) is 16.9 Å². The van der Waals surface area contributed by atoms with Crippen LogP contribution in [0.5, 0.6) is 0 Å². The second kappa shape index (κ2) is 5.98. The minimum absolute atomic E-state index is 0.0782. The number of amides is 1. The predicted octanol–water partition coefficient (Wildman–Crippen LogP) is 3.89. The summed E-state index contributed by atoms with van der Waals surface area (Å²) in [5.41, 5.74) is 1.68. The molecule has 1 aliphatic heterocycles. The Bertz CT molecular complexity index is 867. The van der Waals surface area contributed by atoms with Gasteiger partial charge < -0.3 is 4.90 Å². The van der Waals surface area contributed by atoms with E-state index in [0.29, 0.717) is 5.56 Å². The average molecular weight is 337 g/mol. The van der Waals surface area contributed by atoms with Gasteiger partial charge >= 0.3 is 0 Å². The monoisotopic (exact) mass is 337 g/mol. The molecule has 0 aliphatic carbocycles. The first-order valence-corrected chi connectivity index (χ1v) is 9.08. The quantitative estimate of drug-likeness (QED) is 0.713. The molecule has 122 valence electrons. The van der Waals surface area contributed by atoms with Gasteiger partial charge in [0.05, 0.1) is 16.1 Å². The molecule has 1 fully saturated rings. The fraction of sp³-hybridized carbons (Fsp3) is 0.316. The van der Waals surface area contributed by atoms with Gasteiger partial charge in [0.1, 0.15) is 0 Å². The van der Waals surface area contributed by atoms with Crippen molar-refractivity contribution in [1.29, 1.82) is 0 Å². The van der Waals surface area contributed by atoms with Crippen molar-refractivity contribution >= 4 is 28.1 Å². The topological polar surface area (TPSA) is 46.1 Å². The van der Waals surface area contributed by atoms with Gasteiger partial charge in [-0.15, -0.1) is 11.3 Å². The number of pyridine rings is 1. The fourth-order valence-electron chi connectivity index (χ4n) is 3.31. The number of hydrogen-bond acceptors (Lipinski definition) is 4. The lowest BCUT2D eigenvalue weighted by Gasteiger charge is -2.38. The number of piperidine rings is 1. The first-order valence-electron chi connectivity index (χ1n) is 8.20. The second-order valence-electron chi connectivity index (χ2n) is 6.61. The van der Waals surface area contributed by atoms with Crippen molar-refractivity contribution in [1.82, 2.24) is 14.9 Å². The molecule has 24 heavy (non-hydrogen) atoms. The number of likely N-dealkylation sites (tertiary alicyclic amines) is 1. The zero-order valence-corrected chi connectivity index (χ0v) is 14.4. The Morgan fingerprint density at radius 1 is 1.21 bits per heavy atom. The second-order valence-corrected chi connectivity index (χ2v) is 7.50. The molecule has 0 bridgehead atoms. The molecule has 0 N–H and O–H groups in total. The van der Waals surface area contributed by atoms with E-state index in [1.54, 1.807) is 17.5 Å². The number of carbonyl (C=O) groups excluding carboxylic acids is 1. The van der Waals surface area contributed by atoms with E-state index in [-0.39, 0.29) is 11.3 Å². The van der Waals surface area contributed by atoms with Crippen LogP contribution < -0.4 is 0 Å². The highest BCUT2D eigenvalue weighted by atomic mass is 32.1. The Balaban J connectivity index is 1.51. The molecule has 2 aromatic heterocycles. The standard InChI is InChI=1S/C19H19N3OS/c1-19(18-20-8-11-24-18)6-9-22(10-7-19)17(23)15-12-14-4-2-3-5-16(14)21-13-15/h2-5,8,11-13H,6-7,9-10H2,1H3. The molecule has 0 unspecified atom stereocenters. The van der Waals surface area contributed by atoms with Gasteiger partial charge in [-0.05, 0) is 25.0 Å². The summed E-state index contributed by atoms with van der Waals surface area (Å²) in [6.07, 6.45) is 5.46. The first-order chi connectivity index (χ1) is 11.7. The van der Waals surface area contributed by atoms with Gasteiger partial charge in [0.15, 0.2) is 0 Å². The van der Waals surface area contributed by atoms with Crippen molar-refractivity contribution in [2.45, 2.75) is 25.2 Å². The van der Waals surface area contributed by atoms with Crippen molar-refractivity contribution in [3.05, 3.63) is 58.7 Å². The fourth-order valence-corrected chi connectivity index (χ4v) is 4.17. The molecule has 1 amide bonds. The van der Waals surface area contributed by atoms with E-state index >= 15 is 0 Å². The molecule has 1 saturated heterocycles. The number of carbonyl (C=O) groups is 1. The molecule has 3 heterocycles. The molecular formula is C19H19N3OS. The Labute approximate surface area is 145 Å². The van der Waals surface area contributed by atoms with E-state index in [1.807, 2.05) is 46.8 Å². The summed E-state index contributed by atoms with van der Waals surface area (Å²) in [7, 11) is 0. The molecule has 1 aromatic carbocycles. The number of fused-ring (bicyclic) bond motifs is 1. The average Bonchev–Trinajstić information content (AvgIpc) is 3.17. The van der Waals surface area contributed by atoms with Crippen LogP contribution in [0.25, 0.3) is 10.9 Å². The summed E-state index contributed by atoms with van der Waals surface area (Å²) in [5.74, 6) is 0.0782. The molecule has 0 spiro atoms. The van der Waals surface area contributed by atoms with Gasteiger partial charge in [-0.25, -0.2) is 4.98 Å².